The van der Waals surface area contributed by atoms with Gasteiger partial charge in [-0.2, -0.15) is 0 Å². The van der Waals surface area contributed by atoms with Gasteiger partial charge in [0.15, 0.2) is 0 Å². The fraction of sp³-hybridized carbons (Fsp3) is 0.391. The topological polar surface area (TPSA) is 58.6 Å². The summed E-state index contributed by atoms with van der Waals surface area (Å²) < 4.78 is 5.33. The molecule has 0 spiro atoms. The predicted octanol–water partition coefficient (Wildman–Crippen LogP) is 3.94. The minimum Gasteiger partial charge on any atom is -0.497 e. The monoisotopic (exact) mass is 378 g/mol. The molecule has 0 unspecified atom stereocenters. The van der Waals surface area contributed by atoms with Gasteiger partial charge in [0.1, 0.15) is 5.75 Å². The normalized spacial score (nSPS) is 18.5. The lowest BCUT2D eigenvalue weighted by Gasteiger charge is -2.32. The molecule has 1 saturated heterocycles. The van der Waals surface area contributed by atoms with Crippen molar-refractivity contribution in [2.45, 2.75) is 38.0 Å². The Morgan fingerprint density at radius 2 is 1.89 bits per heavy atom. The number of hydrogen-bond acceptors (Lipinski definition) is 3. The Kier molecular flexibility index (Phi) is 4.61. The summed E-state index contributed by atoms with van der Waals surface area (Å²) in [4.78, 5) is 27.1. The fourth-order valence-corrected chi connectivity index (χ4v) is 4.20. The van der Waals surface area contributed by atoms with E-state index in [1.165, 1.54) is 5.56 Å². The third-order valence-corrected chi connectivity index (χ3v) is 6.10. The van der Waals surface area contributed by atoms with Crippen LogP contribution in [-0.2, 0) is 10.2 Å². The molecule has 146 valence electrons. The van der Waals surface area contributed by atoms with E-state index in [4.69, 9.17) is 4.74 Å². The summed E-state index contributed by atoms with van der Waals surface area (Å²) in [5.41, 5.74) is 3.03. The average Bonchev–Trinajstić information content (AvgIpc) is 2.96. The van der Waals surface area contributed by atoms with E-state index in [9.17, 15) is 9.59 Å². The molecule has 2 amide bonds. The van der Waals surface area contributed by atoms with Gasteiger partial charge < -0.3 is 15.0 Å². The van der Waals surface area contributed by atoms with Gasteiger partial charge in [-0.15, -0.1) is 0 Å². The molecule has 2 aromatic rings. The number of carbonyl (C=O) groups excluding carboxylic acids is 2. The number of carbonyl (C=O) groups is 2. The summed E-state index contributed by atoms with van der Waals surface area (Å²) in [5, 5.41) is 2.89. The molecule has 28 heavy (non-hydrogen) atoms. The van der Waals surface area contributed by atoms with Crippen LogP contribution < -0.4 is 10.1 Å². The van der Waals surface area contributed by atoms with Crippen molar-refractivity contribution in [1.82, 2.24) is 4.90 Å². The van der Waals surface area contributed by atoms with Gasteiger partial charge in [-0.25, -0.2) is 0 Å². The Morgan fingerprint density at radius 3 is 2.61 bits per heavy atom. The highest BCUT2D eigenvalue weighted by Gasteiger charge is 2.39. The highest BCUT2D eigenvalue weighted by atomic mass is 16.5. The van der Waals surface area contributed by atoms with E-state index < -0.39 is 5.41 Å². The van der Waals surface area contributed by atoms with E-state index in [-0.39, 0.29) is 11.8 Å². The Bertz CT molecular complexity index is 927. The molecule has 1 N–H and O–H groups in total. The number of methoxy groups -OCH3 is 1. The second-order valence-corrected chi connectivity index (χ2v) is 8.18. The van der Waals surface area contributed by atoms with Crippen molar-refractivity contribution in [3.05, 3.63) is 59.2 Å². The van der Waals surface area contributed by atoms with Crippen LogP contribution in [0.4, 0.5) is 5.69 Å². The second kappa shape index (κ2) is 6.97. The van der Waals surface area contributed by atoms with Crippen LogP contribution in [0.15, 0.2) is 42.5 Å². The smallest absolute Gasteiger partial charge is 0.253 e. The van der Waals surface area contributed by atoms with Crippen LogP contribution in [0.25, 0.3) is 0 Å². The number of benzene rings is 2. The first kappa shape index (κ1) is 18.5. The number of piperidine rings is 1. The number of nitrogens with zero attached hydrogens (tertiary/aromatic N) is 1. The van der Waals surface area contributed by atoms with Gasteiger partial charge in [-0.3, -0.25) is 9.59 Å². The molecule has 0 radical (unpaired) electrons. The number of amides is 2. The zero-order valence-electron chi connectivity index (χ0n) is 16.6. The molecule has 5 nitrogen and oxygen atoms in total. The predicted molar refractivity (Wildman–Crippen MR) is 109 cm³/mol. The molecular formula is C23H26N2O3. The highest BCUT2D eigenvalue weighted by molar-refractivity contribution is 6.07. The van der Waals surface area contributed by atoms with E-state index in [2.05, 4.69) is 17.4 Å². The van der Waals surface area contributed by atoms with Crippen LogP contribution >= 0.6 is 0 Å². The van der Waals surface area contributed by atoms with Gasteiger partial charge in [0, 0.05) is 24.3 Å². The van der Waals surface area contributed by atoms with E-state index in [0.29, 0.717) is 11.5 Å². The quantitative estimate of drug-likeness (QED) is 0.880. The average molecular weight is 378 g/mol. The molecule has 0 aromatic heterocycles. The Labute approximate surface area is 165 Å². The molecule has 0 aliphatic carbocycles. The highest BCUT2D eigenvalue weighted by Crippen LogP contribution is 2.38. The third kappa shape index (κ3) is 3.15. The summed E-state index contributed by atoms with van der Waals surface area (Å²) in [6, 6.07) is 13.7. The maximum absolute atomic E-state index is 13.0. The van der Waals surface area contributed by atoms with Crippen molar-refractivity contribution in [3.63, 3.8) is 0 Å². The molecular weight excluding hydrogens is 352 g/mol. The van der Waals surface area contributed by atoms with E-state index in [1.807, 2.05) is 49.1 Å². The SMILES string of the molecule is COc1cccc(C2CCN(C(=O)c3ccc4c(c3)C(C)(C)C(=O)N4)CC2)c1. The van der Waals surface area contributed by atoms with Crippen LogP contribution in [0.1, 0.15) is 54.1 Å². The first-order valence-corrected chi connectivity index (χ1v) is 9.79. The third-order valence-electron chi connectivity index (χ3n) is 6.10. The maximum Gasteiger partial charge on any atom is 0.253 e. The molecule has 0 bridgehead atoms. The summed E-state index contributed by atoms with van der Waals surface area (Å²) in [6.07, 6.45) is 1.88. The number of nitrogens with one attached hydrogen (secondary N) is 1. The van der Waals surface area contributed by atoms with Crippen molar-refractivity contribution in [2.75, 3.05) is 25.5 Å². The molecule has 0 saturated carbocycles. The van der Waals surface area contributed by atoms with Crippen molar-refractivity contribution >= 4 is 17.5 Å². The van der Waals surface area contributed by atoms with Crippen molar-refractivity contribution < 1.29 is 14.3 Å². The maximum atomic E-state index is 13.0. The van der Waals surface area contributed by atoms with Crippen LogP contribution in [0, 0.1) is 0 Å². The van der Waals surface area contributed by atoms with Crippen molar-refractivity contribution in [2.24, 2.45) is 0 Å². The number of rotatable bonds is 3. The summed E-state index contributed by atoms with van der Waals surface area (Å²) in [5.74, 6) is 1.34. The first-order chi connectivity index (χ1) is 13.4. The first-order valence-electron chi connectivity index (χ1n) is 9.79. The number of hydrogen-bond donors (Lipinski definition) is 1. The standard InChI is InChI=1S/C23H26N2O3/c1-23(2)19-14-17(7-8-20(19)24-22(23)27)21(26)25-11-9-15(10-12-25)16-5-4-6-18(13-16)28-3/h4-8,13-15H,9-12H2,1-3H3,(H,24,27). The molecule has 2 aliphatic heterocycles. The van der Waals surface area contributed by atoms with Gasteiger partial charge >= 0.3 is 0 Å². The lowest BCUT2D eigenvalue weighted by Crippen LogP contribution is -2.38. The van der Waals surface area contributed by atoms with E-state index in [0.717, 1.165) is 42.9 Å². The molecule has 2 aliphatic rings. The fourth-order valence-electron chi connectivity index (χ4n) is 4.20. The van der Waals surface area contributed by atoms with Gasteiger partial charge in [0.05, 0.1) is 12.5 Å². The lowest BCUT2D eigenvalue weighted by molar-refractivity contribution is -0.119. The molecule has 2 heterocycles. The Morgan fingerprint density at radius 1 is 1.14 bits per heavy atom. The number of likely N-dealkylation sites (tertiary alicyclic amines) is 1. The summed E-state index contributed by atoms with van der Waals surface area (Å²) in [6.45, 7) is 5.25. The van der Waals surface area contributed by atoms with Crippen LogP contribution in [0.3, 0.4) is 0 Å². The van der Waals surface area contributed by atoms with Crippen LogP contribution in [0.5, 0.6) is 5.75 Å². The lowest BCUT2D eigenvalue weighted by atomic mass is 9.85. The molecule has 2 aromatic carbocycles. The number of fused-ring (bicyclic) bond motifs is 1. The Balaban J connectivity index is 1.46. The van der Waals surface area contributed by atoms with Crippen molar-refractivity contribution in [3.8, 4) is 5.75 Å². The zero-order chi connectivity index (χ0) is 19.9. The van der Waals surface area contributed by atoms with E-state index in [1.54, 1.807) is 7.11 Å². The minimum absolute atomic E-state index is 0.0220. The van der Waals surface area contributed by atoms with Gasteiger partial charge in [0.25, 0.3) is 5.91 Å². The minimum atomic E-state index is -0.606. The van der Waals surface area contributed by atoms with Gasteiger partial charge in [0.2, 0.25) is 5.91 Å². The molecule has 1 fully saturated rings. The van der Waals surface area contributed by atoms with Crippen LogP contribution in [0.2, 0.25) is 0 Å². The second-order valence-electron chi connectivity index (χ2n) is 8.18. The molecule has 0 atom stereocenters. The van der Waals surface area contributed by atoms with Gasteiger partial charge in [-0.1, -0.05) is 12.1 Å². The largest absolute Gasteiger partial charge is 0.497 e. The number of ether oxygens (including phenoxy) is 1. The zero-order valence-corrected chi connectivity index (χ0v) is 16.6. The van der Waals surface area contributed by atoms with Crippen LogP contribution in [-0.4, -0.2) is 36.9 Å². The summed E-state index contributed by atoms with van der Waals surface area (Å²) >= 11 is 0. The van der Waals surface area contributed by atoms with E-state index >= 15 is 0 Å². The van der Waals surface area contributed by atoms with Gasteiger partial charge in [-0.05, 0) is 74.1 Å². The molecule has 4 rings (SSSR count). The summed E-state index contributed by atoms with van der Waals surface area (Å²) in [7, 11) is 1.68. The Hall–Kier alpha value is -2.82. The molecule has 5 heteroatoms. The van der Waals surface area contributed by atoms with Crippen molar-refractivity contribution in [1.29, 1.82) is 0 Å². The number of anilines is 1.